The monoisotopic (exact) mass is 1410 g/mol. The Morgan fingerprint density at radius 3 is 0.518 bits per heavy atom. The summed E-state index contributed by atoms with van der Waals surface area (Å²) in [4.78, 5) is 0. The number of rotatable bonds is 2. The van der Waals surface area contributed by atoms with Gasteiger partial charge in [0.1, 0.15) is 0 Å². The van der Waals surface area contributed by atoms with Gasteiger partial charge in [-0.15, -0.1) is 47.4 Å². The van der Waals surface area contributed by atoms with Gasteiger partial charge in [-0.1, -0.05) is 193 Å². The first-order chi connectivity index (χ1) is 55.1. The molecule has 0 aliphatic rings. The van der Waals surface area contributed by atoms with Gasteiger partial charge in [0.25, 0.3) is 0 Å². The summed E-state index contributed by atoms with van der Waals surface area (Å²) in [5, 5.41) is 37.4. The van der Waals surface area contributed by atoms with Crippen molar-refractivity contribution in [2.45, 2.75) is 55.4 Å². The predicted molar refractivity (Wildman–Crippen MR) is 484 cm³/mol. The van der Waals surface area contributed by atoms with Gasteiger partial charge in [-0.2, -0.15) is 0 Å². The lowest BCUT2D eigenvalue weighted by Gasteiger charge is -2.16. The normalized spacial score (nSPS) is 11.0. The van der Waals surface area contributed by atoms with Crippen molar-refractivity contribution in [1.29, 1.82) is 0 Å². The van der Waals surface area contributed by atoms with Crippen LogP contribution < -0.4 is 0 Å². The van der Waals surface area contributed by atoms with Crippen LogP contribution in [-0.2, 0) is 0 Å². The van der Waals surface area contributed by atoms with Gasteiger partial charge in [0, 0.05) is 44.5 Å². The van der Waals surface area contributed by atoms with E-state index >= 15 is 0 Å². The highest BCUT2D eigenvalue weighted by molar-refractivity contribution is 6.21. The zero-order valence-corrected chi connectivity index (χ0v) is 63.4. The molecule has 0 spiro atoms. The van der Waals surface area contributed by atoms with Crippen molar-refractivity contribution in [3.8, 4) is 117 Å². The maximum atomic E-state index is 3.53. The first kappa shape index (κ1) is 67.6. The Balaban J connectivity index is 0.000000151. The summed E-state index contributed by atoms with van der Waals surface area (Å²) in [6, 6.07) is 98.2. The van der Waals surface area contributed by atoms with Gasteiger partial charge in [-0.3, -0.25) is 0 Å². The summed E-state index contributed by atoms with van der Waals surface area (Å²) >= 11 is 0. The largest absolute Gasteiger partial charge is 0.101 e. The van der Waals surface area contributed by atoms with Crippen LogP contribution in [0.3, 0.4) is 0 Å². The van der Waals surface area contributed by atoms with Crippen molar-refractivity contribution < 1.29 is 0 Å². The smallest absolute Gasteiger partial charge is 0.0403 e. The lowest BCUT2D eigenvalue weighted by molar-refractivity contribution is 1.66. The maximum absolute atomic E-state index is 3.53. The van der Waals surface area contributed by atoms with E-state index in [4.69, 9.17) is 0 Å². The quantitative estimate of drug-likeness (QED) is 0.120. The molecule has 0 saturated heterocycles. The molecule has 0 saturated carbocycles. The molecule has 20 aromatic carbocycles. The second-order valence-electron chi connectivity index (χ2n) is 28.8. The van der Waals surface area contributed by atoms with Gasteiger partial charge >= 0.3 is 0 Å². The van der Waals surface area contributed by atoms with E-state index in [0.717, 1.165) is 142 Å². The molecule has 0 aliphatic heterocycles. The van der Waals surface area contributed by atoms with E-state index in [9.17, 15) is 0 Å². The van der Waals surface area contributed by atoms with Gasteiger partial charge < -0.3 is 0 Å². The van der Waals surface area contributed by atoms with Crippen molar-refractivity contribution in [2.75, 3.05) is 0 Å². The zero-order valence-electron chi connectivity index (χ0n) is 63.4. The second-order valence-corrected chi connectivity index (χ2v) is 28.8. The van der Waals surface area contributed by atoms with Gasteiger partial charge in [-0.05, 0) is 371 Å². The van der Waals surface area contributed by atoms with E-state index in [1.807, 2.05) is 55.4 Å². The standard InChI is InChI=1S/2C56H34/c1-5-13-45-49-17-9-11-19-51(49)47(15-7-3)55-33-43-29-39-25-35(21-23-37(39)27-41(43)31-53(45)55)36-22-24-38-28-42-32-54-46(14-6-2)50-18-10-12-20-52(50)48(16-8-4)56(54)34-44(42)30-40(38)26-36;1-5-13-45-49-23-21-39(29-51(49)47(15-7-3)55-33-43-27-37-19-11-9-17-35(37)25-41(43)31-53(45)55)40-22-24-50-46(14-6-2)54-32-42-26-36-18-10-12-20-38(36)28-44(42)34-56(54)48(16-8-4)52(50)30-40/h2*9-12,17-34H,1-4H3. The molecule has 0 aromatic heterocycles. The van der Waals surface area contributed by atoms with Gasteiger partial charge in [0.15, 0.2) is 0 Å². The van der Waals surface area contributed by atoms with Crippen LogP contribution in [0.25, 0.3) is 195 Å². The van der Waals surface area contributed by atoms with Crippen molar-refractivity contribution in [1.82, 2.24) is 0 Å². The SMILES string of the molecule is CC#Cc1c2ccc(-c3ccc4c(C#CC)c5cc6cc7ccccc7cc6cc5c(C#CC)c4c3)cc2c(C#CC)c2cc3cc4ccccc4cc3cc12.CC#Cc1c2ccccc2c(C#CC)c2cc3cc4cc(-c5ccc6cc7cc8c(C#CC)c9ccccc9c(C#CC)c8cc7cc6c5)ccc4cc3cc12. The molecule has 20 rings (SSSR count). The van der Waals surface area contributed by atoms with Gasteiger partial charge in [0.2, 0.25) is 0 Å². The summed E-state index contributed by atoms with van der Waals surface area (Å²) in [5.41, 5.74) is 13.0. The predicted octanol–water partition coefficient (Wildman–Crippen LogP) is 28.1. The topological polar surface area (TPSA) is 0 Å². The molecule has 0 bridgehead atoms. The molecular weight excluding hydrogens is 1350 g/mol. The number of fused-ring (bicyclic) bond motifs is 16. The number of hydrogen-bond acceptors (Lipinski definition) is 0. The fourth-order valence-electron chi connectivity index (χ4n) is 17.5. The van der Waals surface area contributed by atoms with Crippen molar-refractivity contribution in [3.63, 3.8) is 0 Å². The fraction of sp³-hybridized carbons (Fsp3) is 0.0714. The molecule has 0 nitrogen and oxygen atoms in total. The van der Waals surface area contributed by atoms with Crippen molar-refractivity contribution >= 4 is 172 Å². The Morgan fingerprint density at radius 1 is 0.125 bits per heavy atom. The average molecular weight is 1410 g/mol. The van der Waals surface area contributed by atoms with Crippen LogP contribution in [0.4, 0.5) is 0 Å². The molecule has 516 valence electrons. The number of benzene rings is 20. The van der Waals surface area contributed by atoms with E-state index in [-0.39, 0.29) is 0 Å². The van der Waals surface area contributed by atoms with E-state index < -0.39 is 0 Å². The van der Waals surface area contributed by atoms with Crippen LogP contribution in [0.2, 0.25) is 0 Å². The molecule has 0 aliphatic carbocycles. The molecular formula is C112H68. The molecule has 0 atom stereocenters. The third-order valence-corrected chi connectivity index (χ3v) is 22.4. The van der Waals surface area contributed by atoms with Crippen LogP contribution in [-0.4, -0.2) is 0 Å². The summed E-state index contributed by atoms with van der Waals surface area (Å²) in [6.45, 7) is 15.3. The number of hydrogen-bond donors (Lipinski definition) is 0. The highest BCUT2D eigenvalue weighted by atomic mass is 14.2. The summed E-state index contributed by atoms with van der Waals surface area (Å²) < 4.78 is 0. The van der Waals surface area contributed by atoms with E-state index in [1.165, 1.54) is 97.3 Å². The third-order valence-electron chi connectivity index (χ3n) is 22.4. The molecule has 20 aromatic rings. The molecule has 112 heavy (non-hydrogen) atoms. The fourth-order valence-corrected chi connectivity index (χ4v) is 17.5. The molecule has 0 amide bonds. The van der Waals surface area contributed by atoms with Crippen LogP contribution in [0.15, 0.2) is 267 Å². The summed E-state index contributed by atoms with van der Waals surface area (Å²) in [7, 11) is 0. The minimum Gasteiger partial charge on any atom is -0.101 e. The van der Waals surface area contributed by atoms with Crippen molar-refractivity contribution in [2.24, 2.45) is 0 Å². The highest BCUT2D eigenvalue weighted by Gasteiger charge is 2.21. The van der Waals surface area contributed by atoms with Crippen LogP contribution in [0.5, 0.6) is 0 Å². The summed E-state index contributed by atoms with van der Waals surface area (Å²) in [5.74, 6) is 53.5. The molecule has 0 fully saturated rings. The molecule has 0 N–H and O–H groups in total. The van der Waals surface area contributed by atoms with Gasteiger partial charge in [0.05, 0.1) is 0 Å². The van der Waals surface area contributed by atoms with E-state index in [2.05, 4.69) is 362 Å². The second kappa shape index (κ2) is 27.7. The Hall–Kier alpha value is -15.0. The molecule has 0 radical (unpaired) electrons. The Labute approximate surface area is 651 Å². The first-order valence-electron chi connectivity index (χ1n) is 38.0. The zero-order chi connectivity index (χ0) is 75.8. The van der Waals surface area contributed by atoms with Crippen LogP contribution in [0.1, 0.15) is 99.9 Å². The lowest BCUT2D eigenvalue weighted by Crippen LogP contribution is -1.94. The lowest BCUT2D eigenvalue weighted by atomic mass is 9.86. The molecule has 0 heterocycles. The Kier molecular flexibility index (Phi) is 16.7. The van der Waals surface area contributed by atoms with Crippen LogP contribution in [0, 0.1) is 94.7 Å². The van der Waals surface area contributed by atoms with Gasteiger partial charge in [-0.25, -0.2) is 0 Å². The van der Waals surface area contributed by atoms with E-state index in [1.54, 1.807) is 0 Å². The maximum Gasteiger partial charge on any atom is 0.0403 e. The molecule has 0 heteroatoms. The molecule has 0 unspecified atom stereocenters. The third kappa shape index (κ3) is 11.3. The van der Waals surface area contributed by atoms with E-state index in [0.29, 0.717) is 0 Å². The average Bonchev–Trinajstić information content (AvgIpc) is 0.738. The van der Waals surface area contributed by atoms with Crippen molar-refractivity contribution in [3.05, 3.63) is 311 Å². The highest BCUT2D eigenvalue weighted by Crippen LogP contribution is 2.44. The Morgan fingerprint density at radius 2 is 0.286 bits per heavy atom. The Bertz CT molecular complexity index is 7770. The first-order valence-corrected chi connectivity index (χ1v) is 38.0. The summed E-state index contributed by atoms with van der Waals surface area (Å²) in [6.07, 6.45) is 0. The minimum atomic E-state index is 1.03. The minimum absolute atomic E-state index is 1.03. The van der Waals surface area contributed by atoms with Crippen LogP contribution >= 0.6 is 0 Å².